The van der Waals surface area contributed by atoms with Crippen molar-refractivity contribution in [2.75, 3.05) is 13.2 Å². The van der Waals surface area contributed by atoms with Crippen molar-refractivity contribution in [3.63, 3.8) is 0 Å². The van der Waals surface area contributed by atoms with E-state index in [0.717, 1.165) is 36.7 Å². The number of carbonyl (C=O) groups excluding carboxylic acids is 1. The molecule has 1 aromatic carbocycles. The minimum Gasteiger partial charge on any atom is -0.469 e. The fourth-order valence-electron chi connectivity index (χ4n) is 5.41. The highest BCUT2D eigenvalue weighted by Crippen LogP contribution is 2.28. The van der Waals surface area contributed by atoms with Gasteiger partial charge in [0.2, 0.25) is 5.88 Å². The normalized spacial score (nSPS) is 19.5. The van der Waals surface area contributed by atoms with Crippen molar-refractivity contribution in [3.8, 4) is 11.6 Å². The van der Waals surface area contributed by atoms with Gasteiger partial charge >= 0.3 is 5.69 Å². The van der Waals surface area contributed by atoms with Crippen molar-refractivity contribution in [1.29, 1.82) is 0 Å². The number of hydrogen-bond acceptors (Lipinski definition) is 6. The number of pyridine rings is 2. The molecule has 2 aliphatic rings. The molecule has 4 heterocycles. The Morgan fingerprint density at radius 1 is 1.08 bits per heavy atom. The Kier molecular flexibility index (Phi) is 7.10. The summed E-state index contributed by atoms with van der Waals surface area (Å²) >= 11 is 6.04. The highest BCUT2D eigenvalue weighted by molar-refractivity contribution is 6.30. The zero-order chi connectivity index (χ0) is 26.9. The number of fused-ring (bicyclic) bond motifs is 1. The molecule has 1 saturated heterocycles. The lowest BCUT2D eigenvalue weighted by atomic mass is 9.85. The van der Waals surface area contributed by atoms with Crippen molar-refractivity contribution in [3.05, 3.63) is 81.6 Å². The van der Waals surface area contributed by atoms with Crippen molar-refractivity contribution < 1.29 is 14.3 Å². The summed E-state index contributed by atoms with van der Waals surface area (Å²) in [5.74, 6) is 0.717. The van der Waals surface area contributed by atoms with Crippen LogP contribution in [0, 0.1) is 12.8 Å². The van der Waals surface area contributed by atoms with Gasteiger partial charge in [-0.1, -0.05) is 23.7 Å². The van der Waals surface area contributed by atoms with Crippen molar-refractivity contribution in [1.82, 2.24) is 24.4 Å². The Morgan fingerprint density at radius 3 is 2.54 bits per heavy atom. The van der Waals surface area contributed by atoms with Crippen molar-refractivity contribution >= 4 is 28.5 Å². The van der Waals surface area contributed by atoms with E-state index in [1.807, 2.05) is 34.9 Å². The molecule has 0 bridgehead atoms. The summed E-state index contributed by atoms with van der Waals surface area (Å²) in [7, 11) is 0. The molecule has 2 fully saturated rings. The molecule has 1 aliphatic carbocycles. The Labute approximate surface area is 230 Å². The van der Waals surface area contributed by atoms with E-state index in [1.54, 1.807) is 36.0 Å². The lowest BCUT2D eigenvalue weighted by molar-refractivity contribution is -0.0813. The molecular formula is C29H30ClN5O4. The Morgan fingerprint density at radius 2 is 1.85 bits per heavy atom. The molecule has 1 amide bonds. The summed E-state index contributed by atoms with van der Waals surface area (Å²) in [4.78, 5) is 35.1. The third-order valence-corrected chi connectivity index (χ3v) is 7.84. The SMILES string of the molecule is Cc1ncc(Cl)cc1C(=O)NC1CCC(Cn2c(=O)n(-c3ccc(OC4COC4)nc3)c3ccccc32)CC1. The van der Waals surface area contributed by atoms with E-state index in [1.165, 1.54) is 0 Å². The Balaban J connectivity index is 1.15. The zero-order valence-corrected chi connectivity index (χ0v) is 22.4. The summed E-state index contributed by atoms with van der Waals surface area (Å²) in [5, 5.41) is 3.59. The van der Waals surface area contributed by atoms with Crippen LogP contribution in [-0.4, -0.2) is 50.4 Å². The molecule has 6 rings (SSSR count). The van der Waals surface area contributed by atoms with Gasteiger partial charge in [-0.25, -0.2) is 9.78 Å². The second kappa shape index (κ2) is 10.8. The fourth-order valence-corrected chi connectivity index (χ4v) is 5.57. The minimum absolute atomic E-state index is 0.0364. The van der Waals surface area contributed by atoms with Gasteiger partial charge in [0.15, 0.2) is 0 Å². The van der Waals surface area contributed by atoms with Crippen LogP contribution in [0.5, 0.6) is 5.88 Å². The average molecular weight is 548 g/mol. The molecule has 1 saturated carbocycles. The van der Waals surface area contributed by atoms with Gasteiger partial charge in [0.25, 0.3) is 5.91 Å². The van der Waals surface area contributed by atoms with E-state index in [2.05, 4.69) is 15.3 Å². The third-order valence-electron chi connectivity index (χ3n) is 7.63. The number of amides is 1. The summed E-state index contributed by atoms with van der Waals surface area (Å²) in [6.45, 7) is 3.58. The molecule has 9 nitrogen and oxygen atoms in total. The first kappa shape index (κ1) is 25.6. The first-order chi connectivity index (χ1) is 19.0. The van der Waals surface area contributed by atoms with Crippen LogP contribution in [0.25, 0.3) is 16.7 Å². The number of aromatic nitrogens is 4. The number of nitrogens with zero attached hydrogens (tertiary/aromatic N) is 4. The fraction of sp³-hybridized carbons (Fsp3) is 0.379. The number of imidazole rings is 1. The van der Waals surface area contributed by atoms with Crippen LogP contribution in [-0.2, 0) is 11.3 Å². The number of para-hydroxylation sites is 2. The smallest absolute Gasteiger partial charge is 0.333 e. The maximum atomic E-state index is 13.7. The summed E-state index contributed by atoms with van der Waals surface area (Å²) < 4.78 is 14.5. The van der Waals surface area contributed by atoms with Crippen LogP contribution in [0.1, 0.15) is 41.7 Å². The highest BCUT2D eigenvalue weighted by atomic mass is 35.5. The number of benzene rings is 1. The number of hydrogen-bond donors (Lipinski definition) is 1. The average Bonchev–Trinajstić information content (AvgIpc) is 3.20. The molecule has 10 heteroatoms. The van der Waals surface area contributed by atoms with E-state index in [4.69, 9.17) is 21.1 Å². The predicted molar refractivity (Wildman–Crippen MR) is 148 cm³/mol. The van der Waals surface area contributed by atoms with Crippen LogP contribution < -0.4 is 15.7 Å². The second-order valence-corrected chi connectivity index (χ2v) is 10.8. The van der Waals surface area contributed by atoms with E-state index in [9.17, 15) is 9.59 Å². The maximum absolute atomic E-state index is 13.7. The number of halogens is 1. The highest BCUT2D eigenvalue weighted by Gasteiger charge is 2.26. The van der Waals surface area contributed by atoms with Gasteiger partial charge in [0, 0.05) is 24.8 Å². The summed E-state index contributed by atoms with van der Waals surface area (Å²) in [5.41, 5.74) is 3.52. The molecule has 3 aromatic heterocycles. The van der Waals surface area contributed by atoms with Gasteiger partial charge in [-0.15, -0.1) is 0 Å². The van der Waals surface area contributed by atoms with Crippen LogP contribution >= 0.6 is 11.6 Å². The van der Waals surface area contributed by atoms with Gasteiger partial charge in [-0.2, -0.15) is 0 Å². The minimum atomic E-state index is -0.142. The second-order valence-electron chi connectivity index (χ2n) is 10.3. The van der Waals surface area contributed by atoms with Crippen molar-refractivity contribution in [2.24, 2.45) is 5.92 Å². The molecule has 1 aliphatic heterocycles. The Hall–Kier alpha value is -3.69. The van der Waals surface area contributed by atoms with Gasteiger partial charge in [0.1, 0.15) is 6.10 Å². The molecule has 0 radical (unpaired) electrons. The lowest BCUT2D eigenvalue weighted by Crippen LogP contribution is -2.39. The lowest BCUT2D eigenvalue weighted by Gasteiger charge is -2.29. The first-order valence-corrected chi connectivity index (χ1v) is 13.7. The topological polar surface area (TPSA) is 100 Å². The number of rotatable bonds is 7. The number of aryl methyl sites for hydroxylation is 1. The summed E-state index contributed by atoms with van der Waals surface area (Å²) in [6.07, 6.45) is 6.81. The molecule has 0 atom stereocenters. The van der Waals surface area contributed by atoms with Gasteiger partial charge in [0.05, 0.1) is 52.4 Å². The van der Waals surface area contributed by atoms with Gasteiger partial charge < -0.3 is 14.8 Å². The van der Waals surface area contributed by atoms with E-state index in [-0.39, 0.29) is 23.7 Å². The van der Waals surface area contributed by atoms with Gasteiger partial charge in [-0.3, -0.25) is 18.9 Å². The van der Waals surface area contributed by atoms with Crippen LogP contribution in [0.15, 0.2) is 59.7 Å². The van der Waals surface area contributed by atoms with Crippen LogP contribution in [0.3, 0.4) is 0 Å². The molecule has 39 heavy (non-hydrogen) atoms. The number of ether oxygens (including phenoxy) is 2. The predicted octanol–water partition coefficient (Wildman–Crippen LogP) is 4.31. The molecule has 0 unspecified atom stereocenters. The van der Waals surface area contributed by atoms with Gasteiger partial charge in [-0.05, 0) is 62.8 Å². The Bertz CT molecular complexity index is 1550. The monoisotopic (exact) mass is 547 g/mol. The van der Waals surface area contributed by atoms with Crippen LogP contribution in [0.2, 0.25) is 5.02 Å². The zero-order valence-electron chi connectivity index (χ0n) is 21.7. The molecule has 4 aromatic rings. The van der Waals surface area contributed by atoms with E-state index >= 15 is 0 Å². The number of nitrogens with one attached hydrogen (secondary N) is 1. The largest absolute Gasteiger partial charge is 0.469 e. The van der Waals surface area contributed by atoms with E-state index in [0.29, 0.717) is 53.5 Å². The van der Waals surface area contributed by atoms with Crippen LogP contribution in [0.4, 0.5) is 0 Å². The molecule has 0 spiro atoms. The van der Waals surface area contributed by atoms with Crippen molar-refractivity contribution in [2.45, 2.75) is 51.3 Å². The number of carbonyl (C=O) groups is 1. The summed E-state index contributed by atoms with van der Waals surface area (Å²) in [6, 6.07) is 13.3. The molecular weight excluding hydrogens is 518 g/mol. The first-order valence-electron chi connectivity index (χ1n) is 13.3. The third kappa shape index (κ3) is 5.29. The molecule has 202 valence electrons. The van der Waals surface area contributed by atoms with E-state index < -0.39 is 0 Å². The standard InChI is InChI=1S/C29H30ClN5O4/c1-18-24(12-20(30)13-31-18)28(36)33-21-8-6-19(7-9-21)15-34-25-4-2-3-5-26(25)35(29(34)37)22-10-11-27(32-14-22)39-23-16-38-17-23/h2-5,10-14,19,21,23H,6-9,15-17H2,1H3,(H,33,36). The quantitative estimate of drug-likeness (QED) is 0.370. The maximum Gasteiger partial charge on any atom is 0.333 e. The molecule has 1 N–H and O–H groups in total.